The molecule has 0 bridgehead atoms. The molecule has 0 unspecified atom stereocenters. The van der Waals surface area contributed by atoms with Gasteiger partial charge in [-0.2, -0.15) is 5.10 Å². The lowest BCUT2D eigenvalue weighted by molar-refractivity contribution is 0.0590. The van der Waals surface area contributed by atoms with Crippen LogP contribution in [0.15, 0.2) is 35.3 Å². The average Bonchev–Trinajstić information content (AvgIpc) is 2.49. The van der Waals surface area contributed by atoms with Crippen LogP contribution in [-0.2, 0) is 11.2 Å². The minimum atomic E-state index is -0.724. The van der Waals surface area contributed by atoms with Gasteiger partial charge in [-0.15, -0.1) is 0 Å². The summed E-state index contributed by atoms with van der Waals surface area (Å²) in [5.41, 5.74) is 1.83. The SMILES string of the molecule is CCc1ccc(-n2cc(C)c(=O)c(C(=O)OC)n2)cc1. The van der Waals surface area contributed by atoms with Gasteiger partial charge in [0.05, 0.1) is 12.8 Å². The van der Waals surface area contributed by atoms with E-state index >= 15 is 0 Å². The molecule has 2 aromatic rings. The maximum atomic E-state index is 11.9. The molecule has 0 amide bonds. The summed E-state index contributed by atoms with van der Waals surface area (Å²) >= 11 is 0. The number of nitrogens with zero attached hydrogens (tertiary/aromatic N) is 2. The van der Waals surface area contributed by atoms with Crippen molar-refractivity contribution in [3.63, 3.8) is 0 Å². The van der Waals surface area contributed by atoms with Crippen molar-refractivity contribution < 1.29 is 9.53 Å². The van der Waals surface area contributed by atoms with Gasteiger partial charge in [0.25, 0.3) is 0 Å². The van der Waals surface area contributed by atoms with Crippen molar-refractivity contribution in [2.45, 2.75) is 20.3 Å². The molecular weight excluding hydrogens is 256 g/mol. The van der Waals surface area contributed by atoms with Crippen LogP contribution in [0.3, 0.4) is 0 Å². The Morgan fingerprint density at radius 2 is 1.95 bits per heavy atom. The molecular formula is C15H16N2O3. The summed E-state index contributed by atoms with van der Waals surface area (Å²) in [6.45, 7) is 3.72. The van der Waals surface area contributed by atoms with E-state index in [1.165, 1.54) is 17.4 Å². The second kappa shape index (κ2) is 5.69. The van der Waals surface area contributed by atoms with Gasteiger partial charge in [-0.05, 0) is 31.0 Å². The first kappa shape index (κ1) is 14.0. The number of carbonyl (C=O) groups is 1. The molecule has 0 aliphatic rings. The molecule has 5 nitrogen and oxygen atoms in total. The maximum Gasteiger partial charge on any atom is 0.362 e. The largest absolute Gasteiger partial charge is 0.464 e. The zero-order valence-electron chi connectivity index (χ0n) is 11.7. The number of ether oxygens (including phenoxy) is 1. The molecule has 2 rings (SSSR count). The number of benzene rings is 1. The van der Waals surface area contributed by atoms with E-state index in [0.717, 1.165) is 12.1 Å². The number of rotatable bonds is 3. The maximum absolute atomic E-state index is 11.9. The van der Waals surface area contributed by atoms with Crippen LogP contribution in [0.1, 0.15) is 28.5 Å². The highest BCUT2D eigenvalue weighted by atomic mass is 16.5. The van der Waals surface area contributed by atoms with E-state index in [1.54, 1.807) is 13.1 Å². The van der Waals surface area contributed by atoms with Crippen molar-refractivity contribution in [2.75, 3.05) is 7.11 Å². The van der Waals surface area contributed by atoms with Crippen molar-refractivity contribution in [3.05, 3.63) is 57.5 Å². The lowest BCUT2D eigenvalue weighted by atomic mass is 10.1. The second-order valence-corrected chi connectivity index (χ2v) is 4.45. The Morgan fingerprint density at radius 1 is 1.30 bits per heavy atom. The summed E-state index contributed by atoms with van der Waals surface area (Å²) in [6.07, 6.45) is 2.56. The Balaban J connectivity index is 2.54. The Bertz CT molecular complexity index is 687. The number of aryl methyl sites for hydroxylation is 2. The van der Waals surface area contributed by atoms with Crippen LogP contribution >= 0.6 is 0 Å². The van der Waals surface area contributed by atoms with Crippen molar-refractivity contribution in [1.82, 2.24) is 9.78 Å². The van der Waals surface area contributed by atoms with Gasteiger partial charge in [0.1, 0.15) is 0 Å². The van der Waals surface area contributed by atoms with Crippen LogP contribution in [0.4, 0.5) is 0 Å². The van der Waals surface area contributed by atoms with Gasteiger partial charge in [0, 0.05) is 11.8 Å². The fraction of sp³-hybridized carbons (Fsp3) is 0.267. The summed E-state index contributed by atoms with van der Waals surface area (Å²) < 4.78 is 6.10. The molecule has 0 radical (unpaired) electrons. The minimum absolute atomic E-state index is 0.202. The summed E-state index contributed by atoms with van der Waals surface area (Å²) in [6, 6.07) is 7.78. The molecule has 5 heteroatoms. The van der Waals surface area contributed by atoms with Gasteiger partial charge < -0.3 is 4.74 Å². The number of methoxy groups -OCH3 is 1. The quantitative estimate of drug-likeness (QED) is 0.800. The molecule has 0 aliphatic carbocycles. The lowest BCUT2D eigenvalue weighted by Gasteiger charge is -2.09. The normalized spacial score (nSPS) is 10.3. The molecule has 104 valence electrons. The summed E-state index contributed by atoms with van der Waals surface area (Å²) in [5.74, 6) is -0.724. The highest BCUT2D eigenvalue weighted by molar-refractivity contribution is 5.87. The van der Waals surface area contributed by atoms with Gasteiger partial charge in [-0.3, -0.25) is 4.79 Å². The van der Waals surface area contributed by atoms with E-state index in [9.17, 15) is 9.59 Å². The molecule has 1 aromatic carbocycles. The Labute approximate surface area is 116 Å². The Morgan fingerprint density at radius 3 is 2.50 bits per heavy atom. The van der Waals surface area contributed by atoms with E-state index in [-0.39, 0.29) is 5.69 Å². The molecule has 1 aromatic heterocycles. The zero-order chi connectivity index (χ0) is 14.7. The van der Waals surface area contributed by atoms with E-state index in [1.807, 2.05) is 24.3 Å². The van der Waals surface area contributed by atoms with Crippen LogP contribution in [0.5, 0.6) is 0 Å². The molecule has 0 aliphatic heterocycles. The first-order valence-corrected chi connectivity index (χ1v) is 6.35. The average molecular weight is 272 g/mol. The fourth-order valence-corrected chi connectivity index (χ4v) is 1.86. The molecule has 1 heterocycles. The van der Waals surface area contributed by atoms with Crippen LogP contribution in [0.2, 0.25) is 0 Å². The number of aromatic nitrogens is 2. The molecule has 0 saturated carbocycles. The molecule has 0 fully saturated rings. The van der Waals surface area contributed by atoms with Crippen molar-refractivity contribution >= 4 is 5.97 Å². The fourth-order valence-electron chi connectivity index (χ4n) is 1.86. The van der Waals surface area contributed by atoms with Crippen molar-refractivity contribution in [3.8, 4) is 5.69 Å². The first-order chi connectivity index (χ1) is 9.56. The molecule has 20 heavy (non-hydrogen) atoms. The predicted octanol–water partition coefficient (Wildman–Crippen LogP) is 1.89. The van der Waals surface area contributed by atoms with Gasteiger partial charge in [0.15, 0.2) is 0 Å². The summed E-state index contributed by atoms with van der Waals surface area (Å²) in [4.78, 5) is 23.4. The Kier molecular flexibility index (Phi) is 3.98. The third-order valence-corrected chi connectivity index (χ3v) is 3.08. The van der Waals surface area contributed by atoms with Crippen LogP contribution in [0, 0.1) is 6.92 Å². The topological polar surface area (TPSA) is 61.2 Å². The predicted molar refractivity (Wildman–Crippen MR) is 75.3 cm³/mol. The molecule has 0 N–H and O–H groups in total. The number of carbonyl (C=O) groups excluding carboxylic acids is 1. The van der Waals surface area contributed by atoms with E-state index in [4.69, 9.17) is 0 Å². The lowest BCUT2D eigenvalue weighted by Crippen LogP contribution is -2.24. The molecule has 0 atom stereocenters. The molecule has 0 spiro atoms. The third-order valence-electron chi connectivity index (χ3n) is 3.08. The standard InChI is InChI=1S/C15H16N2O3/c1-4-11-5-7-12(8-6-11)17-9-10(2)14(18)13(16-17)15(19)20-3/h5-9H,4H2,1-3H3. The van der Waals surface area contributed by atoms with Crippen LogP contribution < -0.4 is 5.43 Å². The smallest absolute Gasteiger partial charge is 0.362 e. The zero-order valence-corrected chi connectivity index (χ0v) is 11.7. The van der Waals surface area contributed by atoms with Crippen molar-refractivity contribution in [1.29, 1.82) is 0 Å². The number of hydrogen-bond acceptors (Lipinski definition) is 4. The van der Waals surface area contributed by atoms with E-state index < -0.39 is 11.4 Å². The summed E-state index contributed by atoms with van der Waals surface area (Å²) in [5, 5.41) is 4.06. The van der Waals surface area contributed by atoms with E-state index in [2.05, 4.69) is 16.8 Å². The van der Waals surface area contributed by atoms with E-state index in [0.29, 0.717) is 5.56 Å². The van der Waals surface area contributed by atoms with Crippen molar-refractivity contribution in [2.24, 2.45) is 0 Å². The Hall–Kier alpha value is -2.43. The summed E-state index contributed by atoms with van der Waals surface area (Å²) in [7, 11) is 1.23. The van der Waals surface area contributed by atoms with Gasteiger partial charge in [-0.25, -0.2) is 9.48 Å². The number of esters is 1. The highest BCUT2D eigenvalue weighted by Gasteiger charge is 2.15. The minimum Gasteiger partial charge on any atom is -0.464 e. The van der Waals surface area contributed by atoms with Gasteiger partial charge >= 0.3 is 5.97 Å². The second-order valence-electron chi connectivity index (χ2n) is 4.45. The monoisotopic (exact) mass is 272 g/mol. The highest BCUT2D eigenvalue weighted by Crippen LogP contribution is 2.09. The molecule has 0 saturated heterocycles. The third kappa shape index (κ3) is 2.61. The first-order valence-electron chi connectivity index (χ1n) is 6.35. The van der Waals surface area contributed by atoms with Gasteiger partial charge in [-0.1, -0.05) is 19.1 Å². The van der Waals surface area contributed by atoms with Crippen LogP contribution in [0.25, 0.3) is 5.69 Å². The number of hydrogen-bond donors (Lipinski definition) is 0. The van der Waals surface area contributed by atoms with Gasteiger partial charge in [0.2, 0.25) is 11.1 Å². The van der Waals surface area contributed by atoms with Crippen LogP contribution in [-0.4, -0.2) is 22.9 Å².